The molecule has 0 aliphatic carbocycles. The summed E-state index contributed by atoms with van der Waals surface area (Å²) in [5, 5.41) is 8.40. The second-order valence-corrected chi connectivity index (χ2v) is 5.45. The van der Waals surface area contributed by atoms with Gasteiger partial charge in [-0.2, -0.15) is 5.10 Å². The van der Waals surface area contributed by atoms with E-state index >= 15 is 0 Å². The zero-order valence-corrected chi connectivity index (χ0v) is 13.2. The predicted molar refractivity (Wildman–Crippen MR) is 86.2 cm³/mol. The maximum absolute atomic E-state index is 12.0. The lowest BCUT2D eigenvalue weighted by Gasteiger charge is -2.11. The molecule has 0 saturated carbocycles. The van der Waals surface area contributed by atoms with Gasteiger partial charge in [0.2, 0.25) is 5.43 Å². The monoisotopic (exact) mass is 305 g/mol. The summed E-state index contributed by atoms with van der Waals surface area (Å²) in [4.78, 5) is 12.0. The van der Waals surface area contributed by atoms with E-state index in [0.29, 0.717) is 17.3 Å². The Labute approximate surface area is 129 Å². The molecular weight excluding hydrogens is 286 g/mol. The molecule has 0 aliphatic heterocycles. The number of nitrogens with zero attached hydrogens (tertiary/aromatic N) is 2. The van der Waals surface area contributed by atoms with Crippen molar-refractivity contribution in [3.63, 3.8) is 0 Å². The number of rotatable bonds is 6. The predicted octanol–water partition coefficient (Wildman–Crippen LogP) is 3.08. The zero-order valence-electron chi connectivity index (χ0n) is 12.4. The molecule has 2 aromatic rings. The maximum atomic E-state index is 12.0. The quantitative estimate of drug-likeness (QED) is 0.834. The van der Waals surface area contributed by atoms with Crippen LogP contribution in [-0.4, -0.2) is 16.3 Å². The van der Waals surface area contributed by atoms with Gasteiger partial charge in [-0.15, -0.1) is 0 Å². The minimum absolute atomic E-state index is 0.0262. The third-order valence-electron chi connectivity index (χ3n) is 3.25. The molecule has 0 spiro atoms. The second-order valence-electron chi connectivity index (χ2n) is 5.02. The number of benzene rings is 1. The van der Waals surface area contributed by atoms with Crippen molar-refractivity contribution >= 4 is 11.6 Å². The van der Waals surface area contributed by atoms with E-state index in [1.54, 1.807) is 10.7 Å². The maximum Gasteiger partial charge on any atom is 0.204 e. The Bertz CT molecular complexity index is 650. The number of aromatic nitrogens is 2. The van der Waals surface area contributed by atoms with Crippen LogP contribution in [0.3, 0.4) is 0 Å². The molecule has 1 aromatic carbocycles. The van der Waals surface area contributed by atoms with E-state index in [-0.39, 0.29) is 5.43 Å². The van der Waals surface area contributed by atoms with Crippen molar-refractivity contribution in [2.75, 3.05) is 6.54 Å². The molecule has 112 valence electrons. The normalized spacial score (nSPS) is 10.8. The minimum Gasteiger partial charge on any atom is -0.311 e. The van der Waals surface area contributed by atoms with Crippen molar-refractivity contribution < 1.29 is 0 Å². The third-order valence-corrected chi connectivity index (χ3v) is 3.50. The minimum atomic E-state index is -0.0262. The van der Waals surface area contributed by atoms with Crippen molar-refractivity contribution in [2.24, 2.45) is 0 Å². The number of aryl methyl sites for hydroxylation is 1. The van der Waals surface area contributed by atoms with Crippen LogP contribution in [0.2, 0.25) is 5.02 Å². The van der Waals surface area contributed by atoms with Gasteiger partial charge in [-0.1, -0.05) is 24.9 Å². The molecular formula is C16H20ClN3O. The topological polar surface area (TPSA) is 46.9 Å². The van der Waals surface area contributed by atoms with Crippen LogP contribution in [0.5, 0.6) is 0 Å². The van der Waals surface area contributed by atoms with E-state index in [4.69, 9.17) is 11.6 Å². The number of hydrogen-bond acceptors (Lipinski definition) is 3. The highest BCUT2D eigenvalue weighted by Crippen LogP contribution is 2.13. The lowest BCUT2D eigenvalue weighted by atomic mass is 10.2. The lowest BCUT2D eigenvalue weighted by Crippen LogP contribution is -2.25. The number of hydrogen-bond donors (Lipinski definition) is 1. The van der Waals surface area contributed by atoms with E-state index in [1.165, 1.54) is 0 Å². The van der Waals surface area contributed by atoms with Crippen molar-refractivity contribution in [3.05, 3.63) is 57.0 Å². The van der Waals surface area contributed by atoms with Crippen LogP contribution >= 0.6 is 11.6 Å². The molecule has 21 heavy (non-hydrogen) atoms. The summed E-state index contributed by atoms with van der Waals surface area (Å²) in [5.41, 5.74) is 2.21. The molecule has 0 saturated heterocycles. The number of unbranched alkanes of at least 4 members (excludes halogenated alkanes) is 1. The SMILES string of the molecule is CCCCNCc1nn(-c2ccc(Cl)cc2)c(C)cc1=O. The summed E-state index contributed by atoms with van der Waals surface area (Å²) >= 11 is 5.90. The van der Waals surface area contributed by atoms with Crippen molar-refractivity contribution in [2.45, 2.75) is 33.2 Å². The summed E-state index contributed by atoms with van der Waals surface area (Å²) < 4.78 is 1.77. The van der Waals surface area contributed by atoms with Crippen LogP contribution < -0.4 is 10.7 Å². The van der Waals surface area contributed by atoms with Crippen LogP contribution in [-0.2, 0) is 6.54 Å². The average Bonchev–Trinajstić information content (AvgIpc) is 2.47. The molecule has 0 fully saturated rings. The van der Waals surface area contributed by atoms with E-state index in [2.05, 4.69) is 17.3 Å². The van der Waals surface area contributed by atoms with Gasteiger partial charge in [0.1, 0.15) is 5.69 Å². The molecule has 0 aliphatic rings. The van der Waals surface area contributed by atoms with Gasteiger partial charge in [-0.05, 0) is 44.2 Å². The van der Waals surface area contributed by atoms with Gasteiger partial charge in [-0.25, -0.2) is 4.68 Å². The van der Waals surface area contributed by atoms with Gasteiger partial charge in [0.25, 0.3) is 0 Å². The first-order chi connectivity index (χ1) is 10.1. The van der Waals surface area contributed by atoms with Crippen molar-refractivity contribution in [1.29, 1.82) is 0 Å². The molecule has 1 aromatic heterocycles. The average molecular weight is 306 g/mol. The van der Waals surface area contributed by atoms with E-state index in [0.717, 1.165) is 30.8 Å². The van der Waals surface area contributed by atoms with Gasteiger partial charge < -0.3 is 5.32 Å². The standard InChI is InChI=1S/C16H20ClN3O/c1-3-4-9-18-11-15-16(21)10-12(2)20(19-15)14-7-5-13(17)6-8-14/h5-8,10,18H,3-4,9,11H2,1-2H3. The molecule has 0 unspecified atom stereocenters. The molecule has 0 bridgehead atoms. The zero-order chi connectivity index (χ0) is 15.2. The Hall–Kier alpha value is -1.65. The van der Waals surface area contributed by atoms with E-state index < -0.39 is 0 Å². The number of nitrogens with one attached hydrogen (secondary N) is 1. The summed E-state index contributed by atoms with van der Waals surface area (Å²) in [7, 11) is 0. The fourth-order valence-electron chi connectivity index (χ4n) is 2.06. The van der Waals surface area contributed by atoms with Crippen LogP contribution in [0.15, 0.2) is 35.1 Å². The van der Waals surface area contributed by atoms with E-state index in [9.17, 15) is 4.79 Å². The van der Waals surface area contributed by atoms with Gasteiger partial charge >= 0.3 is 0 Å². The Morgan fingerprint density at radius 2 is 2.00 bits per heavy atom. The summed E-state index contributed by atoms with van der Waals surface area (Å²) in [6.45, 7) is 5.40. The van der Waals surface area contributed by atoms with Crippen LogP contribution in [0.4, 0.5) is 0 Å². The van der Waals surface area contributed by atoms with Crippen molar-refractivity contribution in [3.8, 4) is 5.69 Å². The van der Waals surface area contributed by atoms with Gasteiger partial charge in [0.15, 0.2) is 0 Å². The summed E-state index contributed by atoms with van der Waals surface area (Å²) in [6.07, 6.45) is 2.22. The van der Waals surface area contributed by atoms with Crippen LogP contribution in [0.1, 0.15) is 31.2 Å². The largest absolute Gasteiger partial charge is 0.311 e. The summed E-state index contributed by atoms with van der Waals surface area (Å²) in [6, 6.07) is 9.03. The Kier molecular flexibility index (Phi) is 5.53. The molecule has 1 N–H and O–H groups in total. The first-order valence-corrected chi connectivity index (χ1v) is 7.56. The molecule has 0 atom stereocenters. The van der Waals surface area contributed by atoms with Crippen LogP contribution in [0.25, 0.3) is 5.69 Å². The Morgan fingerprint density at radius 3 is 2.67 bits per heavy atom. The fraction of sp³-hybridized carbons (Fsp3) is 0.375. The Morgan fingerprint density at radius 1 is 1.29 bits per heavy atom. The number of halogens is 1. The van der Waals surface area contributed by atoms with Gasteiger partial charge in [0.05, 0.1) is 5.69 Å². The fourth-order valence-corrected chi connectivity index (χ4v) is 2.18. The van der Waals surface area contributed by atoms with Gasteiger partial charge in [-0.3, -0.25) is 4.79 Å². The van der Waals surface area contributed by atoms with Gasteiger partial charge in [0, 0.05) is 23.3 Å². The van der Waals surface area contributed by atoms with Crippen LogP contribution in [0, 0.1) is 6.92 Å². The lowest BCUT2D eigenvalue weighted by molar-refractivity contribution is 0.615. The van der Waals surface area contributed by atoms with Crippen molar-refractivity contribution in [1.82, 2.24) is 15.1 Å². The highest BCUT2D eigenvalue weighted by molar-refractivity contribution is 6.30. The molecule has 2 rings (SSSR count). The summed E-state index contributed by atoms with van der Waals surface area (Å²) in [5.74, 6) is 0. The third kappa shape index (κ3) is 4.16. The van der Waals surface area contributed by atoms with E-state index in [1.807, 2.05) is 31.2 Å². The molecule has 1 heterocycles. The smallest absolute Gasteiger partial charge is 0.204 e. The first kappa shape index (κ1) is 15.7. The molecule has 0 radical (unpaired) electrons. The first-order valence-electron chi connectivity index (χ1n) is 7.18. The highest BCUT2D eigenvalue weighted by Gasteiger charge is 2.07. The molecule has 5 heteroatoms. The molecule has 0 amide bonds. The molecule has 4 nitrogen and oxygen atoms in total. The second kappa shape index (κ2) is 7.38. The highest BCUT2D eigenvalue weighted by atomic mass is 35.5. The Balaban J connectivity index is 2.25.